The molecule has 1 atom stereocenters. The maximum atomic E-state index is 13.2. The van der Waals surface area contributed by atoms with Crippen molar-refractivity contribution in [1.82, 2.24) is 24.4 Å². The lowest BCUT2D eigenvalue weighted by atomic mass is 9.80. The molecule has 4 rings (SSSR count). The number of likely N-dealkylation sites (tertiary alicyclic amines) is 1. The Morgan fingerprint density at radius 1 is 1.19 bits per heavy atom. The second kappa shape index (κ2) is 6.87. The number of amides is 1. The number of piperidine rings is 1. The molecule has 1 amide bonds. The molecule has 2 fully saturated rings. The van der Waals surface area contributed by atoms with Crippen LogP contribution in [0.25, 0.3) is 5.65 Å². The molecular weight excluding hydrogens is 328 g/mol. The molecule has 2 saturated heterocycles. The van der Waals surface area contributed by atoms with Crippen molar-refractivity contribution in [3.05, 3.63) is 24.5 Å². The number of carbonyl (C=O) groups is 1. The van der Waals surface area contributed by atoms with Gasteiger partial charge in [-0.1, -0.05) is 6.92 Å². The fraction of sp³-hybridized carbons (Fsp3) is 0.632. The summed E-state index contributed by atoms with van der Waals surface area (Å²) >= 11 is 0. The highest BCUT2D eigenvalue weighted by Crippen LogP contribution is 2.32. The number of nitrogens with zero attached hydrogens (tertiary/aromatic N) is 6. The molecule has 2 aliphatic heterocycles. The summed E-state index contributed by atoms with van der Waals surface area (Å²) in [5.74, 6) is 1.27. The van der Waals surface area contributed by atoms with Gasteiger partial charge in [0, 0.05) is 45.1 Å². The summed E-state index contributed by atoms with van der Waals surface area (Å²) in [5, 5.41) is 4.62. The highest BCUT2D eigenvalue weighted by Gasteiger charge is 2.40. The Morgan fingerprint density at radius 2 is 2.00 bits per heavy atom. The first kappa shape index (κ1) is 17.3. The summed E-state index contributed by atoms with van der Waals surface area (Å²) in [7, 11) is 0. The Kier molecular flexibility index (Phi) is 4.56. The number of aromatic nitrogens is 3. The van der Waals surface area contributed by atoms with Crippen molar-refractivity contribution in [2.75, 3.05) is 50.7 Å². The van der Waals surface area contributed by atoms with Crippen LogP contribution < -0.4 is 4.90 Å². The van der Waals surface area contributed by atoms with Gasteiger partial charge in [0.05, 0.1) is 5.41 Å². The summed E-state index contributed by atoms with van der Waals surface area (Å²) in [4.78, 5) is 24.1. The molecule has 7 heteroatoms. The molecule has 4 heterocycles. The first-order valence-electron chi connectivity index (χ1n) is 9.66. The maximum Gasteiger partial charge on any atom is 0.229 e. The van der Waals surface area contributed by atoms with E-state index in [9.17, 15) is 4.79 Å². The highest BCUT2D eigenvalue weighted by atomic mass is 16.2. The molecule has 0 saturated carbocycles. The number of rotatable bonds is 3. The molecule has 0 N–H and O–H groups in total. The number of hydrogen-bond acceptors (Lipinski definition) is 5. The van der Waals surface area contributed by atoms with Gasteiger partial charge in [-0.05, 0) is 45.0 Å². The van der Waals surface area contributed by atoms with Crippen LogP contribution in [0.15, 0.2) is 24.5 Å². The van der Waals surface area contributed by atoms with Gasteiger partial charge < -0.3 is 14.7 Å². The van der Waals surface area contributed by atoms with Crippen LogP contribution >= 0.6 is 0 Å². The molecule has 7 nitrogen and oxygen atoms in total. The summed E-state index contributed by atoms with van der Waals surface area (Å²) in [6, 6.07) is 4.00. The van der Waals surface area contributed by atoms with Crippen molar-refractivity contribution in [2.24, 2.45) is 5.41 Å². The van der Waals surface area contributed by atoms with Gasteiger partial charge in [0.15, 0.2) is 5.65 Å². The SMILES string of the molecule is CCN1CCC[C@](C)(C(=O)N2CCN(c3ccc4nccn4n3)CC2)C1. The van der Waals surface area contributed by atoms with Gasteiger partial charge >= 0.3 is 0 Å². The number of imidazole rings is 1. The molecular formula is C19H28N6O. The Balaban J connectivity index is 1.40. The van der Waals surface area contributed by atoms with E-state index in [1.165, 1.54) is 0 Å². The van der Waals surface area contributed by atoms with E-state index in [4.69, 9.17) is 0 Å². The van der Waals surface area contributed by atoms with E-state index in [1.807, 2.05) is 18.3 Å². The summed E-state index contributed by atoms with van der Waals surface area (Å²) in [6.07, 6.45) is 5.74. The van der Waals surface area contributed by atoms with Gasteiger partial charge in [-0.25, -0.2) is 9.50 Å². The highest BCUT2D eigenvalue weighted by molar-refractivity contribution is 5.83. The van der Waals surface area contributed by atoms with E-state index in [-0.39, 0.29) is 5.41 Å². The monoisotopic (exact) mass is 356 g/mol. The largest absolute Gasteiger partial charge is 0.352 e. The van der Waals surface area contributed by atoms with E-state index in [1.54, 1.807) is 10.7 Å². The Labute approximate surface area is 154 Å². The molecule has 2 aromatic heterocycles. The number of carbonyl (C=O) groups excluding carboxylic acids is 1. The zero-order valence-electron chi connectivity index (χ0n) is 15.8. The third-order valence-electron chi connectivity index (χ3n) is 5.87. The van der Waals surface area contributed by atoms with Gasteiger partial charge in [-0.3, -0.25) is 4.79 Å². The van der Waals surface area contributed by atoms with Crippen LogP contribution in [-0.2, 0) is 4.79 Å². The van der Waals surface area contributed by atoms with E-state index < -0.39 is 0 Å². The zero-order valence-corrected chi connectivity index (χ0v) is 15.8. The lowest BCUT2D eigenvalue weighted by Gasteiger charge is -2.44. The molecule has 0 aromatic carbocycles. The van der Waals surface area contributed by atoms with Crippen LogP contribution in [0.5, 0.6) is 0 Å². The van der Waals surface area contributed by atoms with Crippen molar-refractivity contribution in [3.8, 4) is 0 Å². The van der Waals surface area contributed by atoms with E-state index in [0.717, 1.165) is 70.1 Å². The normalized spacial score (nSPS) is 25.0. The quantitative estimate of drug-likeness (QED) is 0.834. The molecule has 0 radical (unpaired) electrons. The summed E-state index contributed by atoms with van der Waals surface area (Å²) < 4.78 is 1.80. The molecule has 0 bridgehead atoms. The molecule has 0 unspecified atom stereocenters. The van der Waals surface area contributed by atoms with Crippen molar-refractivity contribution in [1.29, 1.82) is 0 Å². The minimum Gasteiger partial charge on any atom is -0.352 e. The predicted octanol–water partition coefficient (Wildman–Crippen LogP) is 1.50. The average molecular weight is 356 g/mol. The van der Waals surface area contributed by atoms with Gasteiger partial charge in [0.2, 0.25) is 5.91 Å². The third-order valence-corrected chi connectivity index (χ3v) is 5.87. The second-order valence-corrected chi connectivity index (χ2v) is 7.73. The Morgan fingerprint density at radius 3 is 2.77 bits per heavy atom. The number of hydrogen-bond donors (Lipinski definition) is 0. The van der Waals surface area contributed by atoms with Crippen molar-refractivity contribution in [3.63, 3.8) is 0 Å². The maximum absolute atomic E-state index is 13.2. The predicted molar refractivity (Wildman–Crippen MR) is 101 cm³/mol. The van der Waals surface area contributed by atoms with Gasteiger partial charge in [-0.2, -0.15) is 0 Å². The van der Waals surface area contributed by atoms with Crippen LogP contribution in [0.3, 0.4) is 0 Å². The fourth-order valence-corrected chi connectivity index (χ4v) is 4.28. The van der Waals surface area contributed by atoms with Crippen LogP contribution in [0, 0.1) is 5.41 Å². The number of anilines is 1. The van der Waals surface area contributed by atoms with Crippen molar-refractivity contribution >= 4 is 17.4 Å². The molecule has 2 aliphatic rings. The molecule has 2 aromatic rings. The molecule has 140 valence electrons. The van der Waals surface area contributed by atoms with Crippen molar-refractivity contribution < 1.29 is 4.79 Å². The van der Waals surface area contributed by atoms with E-state index in [0.29, 0.717) is 5.91 Å². The van der Waals surface area contributed by atoms with Gasteiger partial charge in [0.1, 0.15) is 5.82 Å². The smallest absolute Gasteiger partial charge is 0.229 e. The lowest BCUT2D eigenvalue weighted by molar-refractivity contribution is -0.144. The lowest BCUT2D eigenvalue weighted by Crippen LogP contribution is -2.56. The minimum atomic E-state index is -0.232. The fourth-order valence-electron chi connectivity index (χ4n) is 4.28. The van der Waals surface area contributed by atoms with Crippen LogP contribution in [0.1, 0.15) is 26.7 Å². The third kappa shape index (κ3) is 3.16. The van der Waals surface area contributed by atoms with Crippen LogP contribution in [0.2, 0.25) is 0 Å². The second-order valence-electron chi connectivity index (χ2n) is 7.73. The molecule has 26 heavy (non-hydrogen) atoms. The average Bonchev–Trinajstić information content (AvgIpc) is 3.15. The number of fused-ring (bicyclic) bond motifs is 1. The van der Waals surface area contributed by atoms with Crippen LogP contribution in [0.4, 0.5) is 5.82 Å². The van der Waals surface area contributed by atoms with E-state index in [2.05, 4.69) is 38.6 Å². The van der Waals surface area contributed by atoms with Gasteiger partial charge in [-0.15, -0.1) is 5.10 Å². The summed E-state index contributed by atoms with van der Waals surface area (Å²) in [5.41, 5.74) is 0.623. The first-order valence-corrected chi connectivity index (χ1v) is 9.66. The first-order chi connectivity index (χ1) is 12.6. The van der Waals surface area contributed by atoms with E-state index >= 15 is 0 Å². The molecule has 0 aliphatic carbocycles. The minimum absolute atomic E-state index is 0.232. The Bertz CT molecular complexity index is 781. The topological polar surface area (TPSA) is 57.0 Å². The standard InChI is InChI=1S/C19H28N6O/c1-3-22-9-4-7-19(2,15-22)18(26)24-13-11-23(12-14-24)17-6-5-16-20-8-10-25(16)21-17/h5-6,8,10H,3-4,7,9,11-15H2,1-2H3/t19-/m0/s1. The van der Waals surface area contributed by atoms with Crippen LogP contribution in [-0.4, -0.2) is 76.1 Å². The molecule has 0 spiro atoms. The Hall–Kier alpha value is -2.15. The van der Waals surface area contributed by atoms with Crippen molar-refractivity contribution in [2.45, 2.75) is 26.7 Å². The van der Waals surface area contributed by atoms with Gasteiger partial charge in [0.25, 0.3) is 0 Å². The number of piperazine rings is 1. The summed E-state index contributed by atoms with van der Waals surface area (Å²) in [6.45, 7) is 10.6. The zero-order chi connectivity index (χ0) is 18.1.